The van der Waals surface area contributed by atoms with E-state index in [1.54, 1.807) is 6.92 Å². The van der Waals surface area contributed by atoms with E-state index in [1.807, 2.05) is 0 Å². The molecule has 9 heteroatoms. The summed E-state index contributed by atoms with van der Waals surface area (Å²) >= 11 is 6.39. The lowest BCUT2D eigenvalue weighted by Crippen LogP contribution is -2.34. The van der Waals surface area contributed by atoms with Gasteiger partial charge in [0.25, 0.3) is 5.69 Å². The second kappa shape index (κ2) is 8.75. The maximum atomic E-state index is 12.9. The van der Waals surface area contributed by atoms with Gasteiger partial charge in [-0.25, -0.2) is 4.79 Å². The van der Waals surface area contributed by atoms with Crippen LogP contribution in [0.1, 0.15) is 37.7 Å². The van der Waals surface area contributed by atoms with E-state index in [9.17, 15) is 19.7 Å². The predicted octanol–water partition coefficient (Wildman–Crippen LogP) is 3.41. The van der Waals surface area contributed by atoms with E-state index < -0.39 is 16.8 Å². The molecule has 1 N–H and O–H groups in total. The minimum absolute atomic E-state index is 0.0430. The number of esters is 1. The van der Waals surface area contributed by atoms with Crippen LogP contribution in [0.2, 0.25) is 5.02 Å². The molecule has 0 aromatic heterocycles. The molecule has 1 aromatic rings. The number of dihydropyridines is 1. The standard InChI is InChI=1S/C20H21ClN2O6/c1-11-17(20(25)29-9-8-28-2)18(19-15(22-11)4-3-5-16(19)24)13-10-12(23(26)27)6-7-14(13)21/h6-7,10,18,22H,3-5,8-9H2,1-2H3. The number of ether oxygens (including phenoxy) is 2. The van der Waals surface area contributed by atoms with Crippen LogP contribution in [0.25, 0.3) is 0 Å². The van der Waals surface area contributed by atoms with Crippen LogP contribution in [0.3, 0.4) is 0 Å². The monoisotopic (exact) mass is 420 g/mol. The van der Waals surface area contributed by atoms with Crippen molar-refractivity contribution >= 4 is 29.0 Å². The molecule has 0 fully saturated rings. The van der Waals surface area contributed by atoms with Gasteiger partial charge in [-0.2, -0.15) is 0 Å². The van der Waals surface area contributed by atoms with Crippen molar-refractivity contribution in [1.82, 2.24) is 5.32 Å². The van der Waals surface area contributed by atoms with E-state index in [4.69, 9.17) is 21.1 Å². The van der Waals surface area contributed by atoms with Crippen LogP contribution < -0.4 is 5.32 Å². The molecule has 1 aliphatic heterocycles. The van der Waals surface area contributed by atoms with Gasteiger partial charge >= 0.3 is 5.97 Å². The molecule has 0 spiro atoms. The number of nitrogens with one attached hydrogen (secondary N) is 1. The number of ketones is 1. The summed E-state index contributed by atoms with van der Waals surface area (Å²) in [6.45, 7) is 1.98. The number of carbonyl (C=O) groups excluding carboxylic acids is 2. The van der Waals surface area contributed by atoms with Gasteiger partial charge in [0.15, 0.2) is 5.78 Å². The highest BCUT2D eigenvalue weighted by molar-refractivity contribution is 6.31. The Morgan fingerprint density at radius 3 is 2.79 bits per heavy atom. The summed E-state index contributed by atoms with van der Waals surface area (Å²) in [6.07, 6.45) is 1.68. The lowest BCUT2D eigenvalue weighted by molar-refractivity contribution is -0.384. The Morgan fingerprint density at radius 2 is 2.10 bits per heavy atom. The van der Waals surface area contributed by atoms with E-state index in [1.165, 1.54) is 25.3 Å². The number of nitrogens with zero attached hydrogens (tertiary/aromatic N) is 1. The van der Waals surface area contributed by atoms with Crippen LogP contribution in [0.15, 0.2) is 40.7 Å². The third-order valence-corrected chi connectivity index (χ3v) is 5.36. The fourth-order valence-corrected chi connectivity index (χ4v) is 3.95. The molecular weight excluding hydrogens is 400 g/mol. The van der Waals surface area contributed by atoms with Crippen molar-refractivity contribution in [3.63, 3.8) is 0 Å². The second-order valence-electron chi connectivity index (χ2n) is 6.86. The average Bonchev–Trinajstić information content (AvgIpc) is 2.67. The lowest BCUT2D eigenvalue weighted by Gasteiger charge is -2.34. The van der Waals surface area contributed by atoms with Gasteiger partial charge in [0.2, 0.25) is 0 Å². The Kier molecular flexibility index (Phi) is 6.34. The van der Waals surface area contributed by atoms with Crippen molar-refractivity contribution in [3.8, 4) is 0 Å². The summed E-state index contributed by atoms with van der Waals surface area (Å²) in [5.74, 6) is -1.56. The molecule has 1 aliphatic carbocycles. The van der Waals surface area contributed by atoms with Gasteiger partial charge in [-0.3, -0.25) is 14.9 Å². The van der Waals surface area contributed by atoms with Gasteiger partial charge in [0.05, 0.1) is 17.1 Å². The highest BCUT2D eigenvalue weighted by atomic mass is 35.5. The zero-order chi connectivity index (χ0) is 21.1. The molecule has 2 aliphatic rings. The third-order valence-electron chi connectivity index (χ3n) is 5.02. The zero-order valence-electron chi connectivity index (χ0n) is 16.1. The number of Topliss-reactive ketones (excluding diaryl/α,β-unsaturated/α-hetero) is 1. The fourth-order valence-electron chi connectivity index (χ4n) is 3.73. The van der Waals surface area contributed by atoms with Crippen LogP contribution in [0.4, 0.5) is 5.69 Å². The average molecular weight is 421 g/mol. The van der Waals surface area contributed by atoms with E-state index in [0.29, 0.717) is 36.1 Å². The quantitative estimate of drug-likeness (QED) is 0.325. The number of hydrogen-bond donors (Lipinski definition) is 1. The molecule has 1 atom stereocenters. The smallest absolute Gasteiger partial charge is 0.336 e. The lowest BCUT2D eigenvalue weighted by atomic mass is 9.75. The first-order valence-electron chi connectivity index (χ1n) is 9.19. The molecule has 0 saturated heterocycles. The van der Waals surface area contributed by atoms with Gasteiger partial charge in [0, 0.05) is 53.6 Å². The first kappa shape index (κ1) is 21.0. The van der Waals surface area contributed by atoms with E-state index >= 15 is 0 Å². The summed E-state index contributed by atoms with van der Waals surface area (Å²) in [5.41, 5.74) is 2.06. The first-order chi connectivity index (χ1) is 13.8. The first-order valence-corrected chi connectivity index (χ1v) is 9.56. The van der Waals surface area contributed by atoms with Gasteiger partial charge in [0.1, 0.15) is 6.61 Å². The predicted molar refractivity (Wildman–Crippen MR) is 105 cm³/mol. The molecule has 3 rings (SSSR count). The normalized spacial score (nSPS) is 19.0. The molecule has 0 saturated carbocycles. The molecule has 1 unspecified atom stereocenters. The number of methoxy groups -OCH3 is 1. The minimum atomic E-state index is -0.832. The van der Waals surface area contributed by atoms with Crippen molar-refractivity contribution < 1.29 is 24.0 Å². The molecule has 8 nitrogen and oxygen atoms in total. The Labute approximate surface area is 172 Å². The number of hydrogen-bond acceptors (Lipinski definition) is 7. The minimum Gasteiger partial charge on any atom is -0.460 e. The Balaban J connectivity index is 2.15. The highest BCUT2D eigenvalue weighted by Crippen LogP contribution is 2.45. The molecule has 154 valence electrons. The van der Waals surface area contributed by atoms with Crippen molar-refractivity contribution in [2.75, 3.05) is 20.3 Å². The van der Waals surface area contributed by atoms with Crippen molar-refractivity contribution in [3.05, 3.63) is 61.4 Å². The second-order valence-corrected chi connectivity index (χ2v) is 7.26. The molecule has 1 aromatic carbocycles. The van der Waals surface area contributed by atoms with Crippen LogP contribution in [0.5, 0.6) is 0 Å². The fraction of sp³-hybridized carbons (Fsp3) is 0.400. The number of rotatable bonds is 6. The summed E-state index contributed by atoms with van der Waals surface area (Å²) < 4.78 is 10.2. The third kappa shape index (κ3) is 4.18. The number of nitro benzene ring substituents is 1. The molecule has 0 amide bonds. The van der Waals surface area contributed by atoms with E-state index in [2.05, 4.69) is 5.32 Å². The number of non-ortho nitro benzene ring substituents is 1. The number of benzene rings is 1. The van der Waals surface area contributed by atoms with Crippen molar-refractivity contribution in [2.45, 2.75) is 32.1 Å². The van der Waals surface area contributed by atoms with Crippen LogP contribution in [0, 0.1) is 10.1 Å². The molecule has 0 bridgehead atoms. The summed E-state index contributed by atoms with van der Waals surface area (Å²) in [7, 11) is 1.49. The maximum Gasteiger partial charge on any atom is 0.336 e. The Hall–Kier alpha value is -2.71. The zero-order valence-corrected chi connectivity index (χ0v) is 16.9. The van der Waals surface area contributed by atoms with Gasteiger partial charge in [-0.15, -0.1) is 0 Å². The number of allylic oxidation sites excluding steroid dienone is 3. The van der Waals surface area contributed by atoms with E-state index in [0.717, 1.165) is 5.70 Å². The number of nitro groups is 1. The van der Waals surface area contributed by atoms with Crippen LogP contribution in [-0.2, 0) is 19.1 Å². The number of carbonyl (C=O) groups is 2. The van der Waals surface area contributed by atoms with Crippen molar-refractivity contribution in [1.29, 1.82) is 0 Å². The summed E-state index contributed by atoms with van der Waals surface area (Å²) in [4.78, 5) is 36.5. The van der Waals surface area contributed by atoms with Gasteiger partial charge < -0.3 is 14.8 Å². The van der Waals surface area contributed by atoms with Crippen molar-refractivity contribution in [2.24, 2.45) is 0 Å². The highest BCUT2D eigenvalue weighted by Gasteiger charge is 2.40. The van der Waals surface area contributed by atoms with Crippen LogP contribution in [-0.4, -0.2) is 37.0 Å². The molecular formula is C20H21ClN2O6. The van der Waals surface area contributed by atoms with Gasteiger partial charge in [-0.1, -0.05) is 11.6 Å². The number of halogens is 1. The topological polar surface area (TPSA) is 108 Å². The SMILES string of the molecule is COCCOC(=O)C1=C(C)NC2=C(C(=O)CCC2)C1c1cc([N+](=O)[O-])ccc1Cl. The van der Waals surface area contributed by atoms with Gasteiger partial charge in [-0.05, 0) is 31.4 Å². The Morgan fingerprint density at radius 1 is 1.34 bits per heavy atom. The summed E-state index contributed by atoms with van der Waals surface area (Å²) in [6, 6.07) is 4.02. The van der Waals surface area contributed by atoms with Crippen LogP contribution >= 0.6 is 11.6 Å². The maximum absolute atomic E-state index is 12.9. The summed E-state index contributed by atoms with van der Waals surface area (Å²) in [5, 5.41) is 14.7. The Bertz CT molecular complexity index is 937. The molecule has 29 heavy (non-hydrogen) atoms. The molecule has 0 radical (unpaired) electrons. The van der Waals surface area contributed by atoms with E-state index in [-0.39, 0.29) is 35.3 Å². The largest absolute Gasteiger partial charge is 0.460 e. The molecule has 1 heterocycles.